The van der Waals surface area contributed by atoms with Gasteiger partial charge in [0.25, 0.3) is 0 Å². The highest BCUT2D eigenvalue weighted by molar-refractivity contribution is 5.66. The molecule has 2 nitrogen and oxygen atoms in total. The van der Waals surface area contributed by atoms with Crippen LogP contribution in [0.1, 0.15) is 90.4 Å². The van der Waals surface area contributed by atoms with Crippen LogP contribution in [-0.4, -0.2) is 11.1 Å². The molecule has 0 heterocycles. The molecule has 0 unspecified atom stereocenters. The normalized spacial score (nSPS) is 11.7. The van der Waals surface area contributed by atoms with Gasteiger partial charge >= 0.3 is 5.97 Å². The van der Waals surface area contributed by atoms with E-state index in [1.807, 2.05) is 0 Å². The van der Waals surface area contributed by atoms with Crippen LogP contribution in [0.15, 0.2) is 24.3 Å². The van der Waals surface area contributed by atoms with Crippen LogP contribution in [0.3, 0.4) is 0 Å². The molecular weight excluding hydrogens is 260 g/mol. The van der Waals surface area contributed by atoms with Gasteiger partial charge in [-0.25, -0.2) is 0 Å². The molecule has 0 radical (unpaired) electrons. The highest BCUT2D eigenvalue weighted by Crippen LogP contribution is 2.10. The molecule has 0 aliphatic rings. The number of allylic oxidation sites excluding steroid dienone is 4. The van der Waals surface area contributed by atoms with Crippen LogP contribution < -0.4 is 0 Å². The van der Waals surface area contributed by atoms with Crippen LogP contribution >= 0.6 is 0 Å². The second-order valence-electron chi connectivity index (χ2n) is 5.73. The monoisotopic (exact) mass is 294 g/mol. The molecule has 0 atom stereocenters. The molecule has 0 rings (SSSR count). The summed E-state index contributed by atoms with van der Waals surface area (Å²) in [7, 11) is 0. The van der Waals surface area contributed by atoms with Gasteiger partial charge in [-0.2, -0.15) is 0 Å². The summed E-state index contributed by atoms with van der Waals surface area (Å²) in [5, 5.41) is 8.52. The van der Waals surface area contributed by atoms with E-state index in [9.17, 15) is 4.79 Å². The average molecular weight is 294 g/mol. The lowest BCUT2D eigenvalue weighted by Gasteiger charge is -2.00. The fourth-order valence-electron chi connectivity index (χ4n) is 2.25. The number of rotatable bonds is 15. The van der Waals surface area contributed by atoms with E-state index in [2.05, 4.69) is 31.2 Å². The van der Waals surface area contributed by atoms with Gasteiger partial charge in [-0.3, -0.25) is 4.79 Å². The molecule has 2 heteroatoms. The number of aliphatic carboxylic acids is 1. The molecule has 0 aliphatic heterocycles. The Balaban J connectivity index is 3.14. The molecular formula is C19H34O2. The predicted molar refractivity (Wildman–Crippen MR) is 91.6 cm³/mol. The molecule has 0 aromatic carbocycles. The Bertz CT molecular complexity index is 279. The van der Waals surface area contributed by atoms with Crippen molar-refractivity contribution in [3.63, 3.8) is 0 Å². The van der Waals surface area contributed by atoms with Gasteiger partial charge in [0, 0.05) is 6.42 Å². The van der Waals surface area contributed by atoms with Gasteiger partial charge in [-0.05, 0) is 32.1 Å². The number of carbonyl (C=O) groups is 1. The first kappa shape index (κ1) is 19.9. The smallest absolute Gasteiger partial charge is 0.303 e. The third kappa shape index (κ3) is 18.9. The van der Waals surface area contributed by atoms with Gasteiger partial charge in [-0.1, -0.05) is 76.2 Å². The quantitative estimate of drug-likeness (QED) is 0.285. The van der Waals surface area contributed by atoms with E-state index in [1.165, 1.54) is 57.8 Å². The zero-order valence-corrected chi connectivity index (χ0v) is 13.9. The molecule has 0 saturated carbocycles. The van der Waals surface area contributed by atoms with Crippen LogP contribution in [0.5, 0.6) is 0 Å². The third-order valence-electron chi connectivity index (χ3n) is 3.59. The van der Waals surface area contributed by atoms with E-state index >= 15 is 0 Å². The molecule has 0 amide bonds. The van der Waals surface area contributed by atoms with Crippen LogP contribution in [0.4, 0.5) is 0 Å². The maximum absolute atomic E-state index is 10.3. The second-order valence-corrected chi connectivity index (χ2v) is 5.73. The highest BCUT2D eigenvalue weighted by atomic mass is 16.4. The molecule has 122 valence electrons. The Hall–Kier alpha value is -1.05. The summed E-state index contributed by atoms with van der Waals surface area (Å²) < 4.78 is 0. The Kier molecular flexibility index (Phi) is 16.2. The SMILES string of the molecule is CCCCC=CCC=CCCCCCCCCCC(=O)O. The summed E-state index contributed by atoms with van der Waals surface area (Å²) in [5.74, 6) is -0.665. The van der Waals surface area contributed by atoms with Gasteiger partial charge in [0.15, 0.2) is 0 Å². The van der Waals surface area contributed by atoms with E-state index in [0.29, 0.717) is 6.42 Å². The minimum absolute atomic E-state index is 0.331. The van der Waals surface area contributed by atoms with Crippen molar-refractivity contribution in [2.45, 2.75) is 90.4 Å². The first-order valence-corrected chi connectivity index (χ1v) is 8.79. The van der Waals surface area contributed by atoms with Gasteiger partial charge < -0.3 is 5.11 Å². The standard InChI is InChI=1S/C19H34O2/c1-2-3-4-5-6-7-8-9-10-11-12-13-14-15-16-17-18-19(20)21/h5-6,8-9H,2-4,7,10-18H2,1H3,(H,20,21). The van der Waals surface area contributed by atoms with E-state index in [0.717, 1.165) is 19.3 Å². The average Bonchev–Trinajstić information content (AvgIpc) is 2.46. The highest BCUT2D eigenvalue weighted by Gasteiger charge is 1.96. The minimum atomic E-state index is -0.665. The number of hydrogen-bond donors (Lipinski definition) is 1. The van der Waals surface area contributed by atoms with E-state index in [-0.39, 0.29) is 0 Å². The summed E-state index contributed by atoms with van der Waals surface area (Å²) in [5.41, 5.74) is 0. The van der Waals surface area contributed by atoms with Crippen LogP contribution in [-0.2, 0) is 4.79 Å². The maximum Gasteiger partial charge on any atom is 0.303 e. The summed E-state index contributed by atoms with van der Waals surface area (Å²) >= 11 is 0. The summed E-state index contributed by atoms with van der Waals surface area (Å²) in [6.07, 6.45) is 23.8. The summed E-state index contributed by atoms with van der Waals surface area (Å²) in [4.78, 5) is 10.3. The van der Waals surface area contributed by atoms with E-state index in [4.69, 9.17) is 5.11 Å². The zero-order valence-electron chi connectivity index (χ0n) is 13.9. The van der Waals surface area contributed by atoms with Crippen molar-refractivity contribution in [1.29, 1.82) is 0 Å². The predicted octanol–water partition coefficient (Wildman–Crippen LogP) is 6.27. The lowest BCUT2D eigenvalue weighted by molar-refractivity contribution is -0.137. The van der Waals surface area contributed by atoms with Crippen molar-refractivity contribution in [3.05, 3.63) is 24.3 Å². The van der Waals surface area contributed by atoms with Crippen LogP contribution in [0.2, 0.25) is 0 Å². The molecule has 0 aromatic heterocycles. The van der Waals surface area contributed by atoms with Gasteiger partial charge in [0.2, 0.25) is 0 Å². The maximum atomic E-state index is 10.3. The molecule has 0 spiro atoms. The van der Waals surface area contributed by atoms with Gasteiger partial charge in [-0.15, -0.1) is 0 Å². The molecule has 0 bridgehead atoms. The molecule has 0 aliphatic carbocycles. The lowest BCUT2D eigenvalue weighted by atomic mass is 10.1. The zero-order chi connectivity index (χ0) is 15.6. The first-order valence-electron chi connectivity index (χ1n) is 8.79. The Morgan fingerprint density at radius 2 is 1.29 bits per heavy atom. The van der Waals surface area contributed by atoms with Crippen molar-refractivity contribution >= 4 is 5.97 Å². The van der Waals surface area contributed by atoms with Crippen LogP contribution in [0.25, 0.3) is 0 Å². The minimum Gasteiger partial charge on any atom is -0.481 e. The van der Waals surface area contributed by atoms with Crippen molar-refractivity contribution in [3.8, 4) is 0 Å². The number of hydrogen-bond acceptors (Lipinski definition) is 1. The first-order chi connectivity index (χ1) is 10.3. The Morgan fingerprint density at radius 1 is 0.762 bits per heavy atom. The molecule has 21 heavy (non-hydrogen) atoms. The number of unbranched alkanes of at least 4 members (excludes halogenated alkanes) is 9. The molecule has 1 N–H and O–H groups in total. The van der Waals surface area contributed by atoms with Gasteiger partial charge in [0.1, 0.15) is 0 Å². The second kappa shape index (κ2) is 17.0. The third-order valence-corrected chi connectivity index (χ3v) is 3.59. The topological polar surface area (TPSA) is 37.3 Å². The summed E-state index contributed by atoms with van der Waals surface area (Å²) in [6.45, 7) is 2.23. The van der Waals surface area contributed by atoms with Crippen molar-refractivity contribution in [2.75, 3.05) is 0 Å². The largest absolute Gasteiger partial charge is 0.481 e. The van der Waals surface area contributed by atoms with E-state index in [1.54, 1.807) is 0 Å². The van der Waals surface area contributed by atoms with Gasteiger partial charge in [0.05, 0.1) is 0 Å². The fraction of sp³-hybridized carbons (Fsp3) is 0.737. The summed E-state index contributed by atoms with van der Waals surface area (Å²) in [6, 6.07) is 0. The van der Waals surface area contributed by atoms with Crippen molar-refractivity contribution in [2.24, 2.45) is 0 Å². The van der Waals surface area contributed by atoms with Crippen molar-refractivity contribution in [1.82, 2.24) is 0 Å². The Morgan fingerprint density at radius 3 is 1.86 bits per heavy atom. The Labute approximate surface area is 131 Å². The molecule has 0 aromatic rings. The van der Waals surface area contributed by atoms with Crippen LogP contribution in [0, 0.1) is 0 Å². The number of carboxylic acids is 1. The fourth-order valence-corrected chi connectivity index (χ4v) is 2.25. The molecule has 0 saturated heterocycles. The lowest BCUT2D eigenvalue weighted by Crippen LogP contribution is -1.93. The number of carboxylic acid groups (broad SMARTS) is 1. The van der Waals surface area contributed by atoms with Crippen molar-refractivity contribution < 1.29 is 9.90 Å². The molecule has 0 fully saturated rings. The van der Waals surface area contributed by atoms with E-state index < -0.39 is 5.97 Å².